The molecule has 1 aromatic rings. The molecule has 2 heterocycles. The minimum atomic E-state index is -2.81. The number of rotatable bonds is 4. The van der Waals surface area contributed by atoms with Crippen LogP contribution in [0.15, 0.2) is 24.3 Å². The zero-order chi connectivity index (χ0) is 12.8. The Morgan fingerprint density at radius 1 is 1.22 bits per heavy atom. The molecule has 2 aliphatic heterocycles. The molecular formula is C11H13IN3O2P. The Hall–Kier alpha value is -0.430. The van der Waals surface area contributed by atoms with Crippen LogP contribution in [-0.4, -0.2) is 41.4 Å². The van der Waals surface area contributed by atoms with Gasteiger partial charge in [-0.1, -0.05) is 6.07 Å². The quantitative estimate of drug-likeness (QED) is 0.494. The van der Waals surface area contributed by atoms with Crippen LogP contribution in [-0.2, 0) is 4.57 Å². The molecule has 3 rings (SSSR count). The van der Waals surface area contributed by atoms with Gasteiger partial charge in [0.15, 0.2) is 0 Å². The molecule has 1 amide bonds. The van der Waals surface area contributed by atoms with E-state index in [2.05, 4.69) is 27.7 Å². The van der Waals surface area contributed by atoms with Crippen molar-refractivity contribution < 1.29 is 9.36 Å². The molecule has 5 nitrogen and oxygen atoms in total. The Balaban J connectivity index is 1.79. The number of benzene rings is 1. The van der Waals surface area contributed by atoms with Crippen LogP contribution in [0, 0.1) is 3.57 Å². The largest absolute Gasteiger partial charge is 0.311 e. The summed E-state index contributed by atoms with van der Waals surface area (Å²) in [5, 5.41) is 2.73. The van der Waals surface area contributed by atoms with Gasteiger partial charge in [-0.05, 0) is 40.8 Å². The lowest BCUT2D eigenvalue weighted by Gasteiger charge is -2.20. The van der Waals surface area contributed by atoms with Crippen LogP contribution in [0.3, 0.4) is 0 Å². The molecule has 0 aromatic heterocycles. The van der Waals surface area contributed by atoms with Crippen molar-refractivity contribution in [3.63, 3.8) is 0 Å². The van der Waals surface area contributed by atoms with Gasteiger partial charge in [0.1, 0.15) is 0 Å². The fourth-order valence-electron chi connectivity index (χ4n) is 1.78. The number of hydrogen-bond acceptors (Lipinski definition) is 2. The molecule has 1 N–H and O–H groups in total. The maximum absolute atomic E-state index is 12.7. The summed E-state index contributed by atoms with van der Waals surface area (Å²) in [6.45, 7) is 3.22. The van der Waals surface area contributed by atoms with E-state index in [-0.39, 0.29) is 5.91 Å². The first kappa shape index (κ1) is 12.6. The first-order chi connectivity index (χ1) is 8.59. The Bertz CT molecular complexity index is 527. The summed E-state index contributed by atoms with van der Waals surface area (Å²) in [7, 11) is -2.81. The smallest absolute Gasteiger partial charge is 0.279 e. The second kappa shape index (κ2) is 4.59. The number of amides is 1. The molecule has 96 valence electrons. The summed E-state index contributed by atoms with van der Waals surface area (Å²) in [4.78, 5) is 12.1. The monoisotopic (exact) mass is 377 g/mol. The fraction of sp³-hybridized carbons (Fsp3) is 0.364. The third kappa shape index (κ3) is 2.47. The summed E-state index contributed by atoms with van der Waals surface area (Å²) in [6, 6.07) is 7.29. The van der Waals surface area contributed by atoms with Gasteiger partial charge in [-0.15, -0.1) is 0 Å². The molecule has 0 bridgehead atoms. The molecule has 7 heteroatoms. The van der Waals surface area contributed by atoms with Gasteiger partial charge in [-0.25, -0.2) is 9.34 Å². The van der Waals surface area contributed by atoms with Gasteiger partial charge < -0.3 is 0 Å². The SMILES string of the molecule is O=C(NP(=O)(N1CC1)N1CC1)c1cccc(I)c1. The zero-order valence-electron chi connectivity index (χ0n) is 9.67. The Morgan fingerprint density at radius 2 is 1.83 bits per heavy atom. The number of halogens is 1. The topological polar surface area (TPSA) is 52.2 Å². The highest BCUT2D eigenvalue weighted by Gasteiger charge is 2.49. The average molecular weight is 377 g/mol. The Labute approximate surface area is 119 Å². The van der Waals surface area contributed by atoms with Gasteiger partial charge in [-0.3, -0.25) is 14.4 Å². The third-order valence-electron chi connectivity index (χ3n) is 2.95. The molecule has 2 fully saturated rings. The standard InChI is InChI=1S/C11H13IN3O2P/c12-10-3-1-2-9(8-10)11(16)13-18(17,14-4-5-14)15-6-7-15/h1-3,8H,4-7H2,(H,13,16,17). The Morgan fingerprint density at radius 3 is 2.33 bits per heavy atom. The summed E-state index contributed by atoms with van der Waals surface area (Å²) >= 11 is 2.16. The van der Waals surface area contributed by atoms with Crippen LogP contribution >= 0.6 is 30.2 Å². The predicted molar refractivity (Wildman–Crippen MR) is 77.4 cm³/mol. The highest BCUT2D eigenvalue weighted by atomic mass is 127. The van der Waals surface area contributed by atoms with E-state index in [4.69, 9.17) is 0 Å². The van der Waals surface area contributed by atoms with Crippen molar-refractivity contribution >= 4 is 36.1 Å². The van der Waals surface area contributed by atoms with E-state index in [1.165, 1.54) is 0 Å². The van der Waals surface area contributed by atoms with Crippen molar-refractivity contribution in [2.45, 2.75) is 0 Å². The Kier molecular flexibility index (Phi) is 3.21. The van der Waals surface area contributed by atoms with Crippen LogP contribution in [0.2, 0.25) is 0 Å². The molecule has 0 atom stereocenters. The molecule has 0 aliphatic carbocycles. The molecule has 2 aliphatic rings. The van der Waals surface area contributed by atoms with Crippen molar-refractivity contribution in [1.82, 2.24) is 14.4 Å². The van der Waals surface area contributed by atoms with E-state index >= 15 is 0 Å². The van der Waals surface area contributed by atoms with Crippen molar-refractivity contribution in [3.05, 3.63) is 33.4 Å². The lowest BCUT2D eigenvalue weighted by atomic mass is 10.2. The zero-order valence-corrected chi connectivity index (χ0v) is 12.7. The average Bonchev–Trinajstić information content (AvgIpc) is 3.19. The number of carbonyl (C=O) groups is 1. The van der Waals surface area contributed by atoms with Crippen LogP contribution in [0.1, 0.15) is 10.4 Å². The van der Waals surface area contributed by atoms with E-state index in [0.29, 0.717) is 5.56 Å². The highest BCUT2D eigenvalue weighted by Crippen LogP contribution is 2.56. The molecule has 0 saturated carbocycles. The van der Waals surface area contributed by atoms with Crippen molar-refractivity contribution in [2.75, 3.05) is 26.2 Å². The molecule has 0 spiro atoms. The minimum absolute atomic E-state index is 0.254. The summed E-state index contributed by atoms with van der Waals surface area (Å²) in [5.74, 6) is -0.254. The van der Waals surface area contributed by atoms with E-state index in [0.717, 1.165) is 29.7 Å². The second-order valence-corrected chi connectivity index (χ2v) is 8.09. The first-order valence-corrected chi connectivity index (χ1v) is 8.48. The summed E-state index contributed by atoms with van der Waals surface area (Å²) in [6.07, 6.45) is 0. The van der Waals surface area contributed by atoms with Gasteiger partial charge in [-0.2, -0.15) is 0 Å². The van der Waals surface area contributed by atoms with Crippen LogP contribution in [0.5, 0.6) is 0 Å². The molecule has 1 aromatic carbocycles. The fourth-order valence-corrected chi connectivity index (χ4v) is 4.62. The lowest BCUT2D eigenvalue weighted by Crippen LogP contribution is -2.27. The van der Waals surface area contributed by atoms with Crippen LogP contribution < -0.4 is 5.09 Å². The number of carbonyl (C=O) groups excluding carboxylic acids is 1. The van der Waals surface area contributed by atoms with Gasteiger partial charge in [0.2, 0.25) is 0 Å². The minimum Gasteiger partial charge on any atom is -0.279 e. The van der Waals surface area contributed by atoms with E-state index in [1.807, 2.05) is 21.5 Å². The molecule has 18 heavy (non-hydrogen) atoms. The van der Waals surface area contributed by atoms with Gasteiger partial charge in [0.05, 0.1) is 0 Å². The molecule has 2 saturated heterocycles. The summed E-state index contributed by atoms with van der Waals surface area (Å²) < 4.78 is 17.4. The van der Waals surface area contributed by atoms with Crippen molar-refractivity contribution in [2.24, 2.45) is 0 Å². The summed E-state index contributed by atoms with van der Waals surface area (Å²) in [5.41, 5.74) is 0.561. The third-order valence-corrected chi connectivity index (χ3v) is 6.45. The number of hydrogen-bond donors (Lipinski definition) is 1. The van der Waals surface area contributed by atoms with E-state index in [1.54, 1.807) is 12.1 Å². The normalized spacial score (nSPS) is 19.6. The van der Waals surface area contributed by atoms with E-state index in [9.17, 15) is 9.36 Å². The van der Waals surface area contributed by atoms with E-state index < -0.39 is 7.59 Å². The maximum Gasteiger partial charge on any atom is 0.311 e. The van der Waals surface area contributed by atoms with Crippen molar-refractivity contribution in [1.29, 1.82) is 0 Å². The molecule has 0 radical (unpaired) electrons. The van der Waals surface area contributed by atoms with Crippen LogP contribution in [0.25, 0.3) is 0 Å². The first-order valence-electron chi connectivity index (χ1n) is 5.79. The highest BCUT2D eigenvalue weighted by molar-refractivity contribution is 14.1. The molecule has 0 unspecified atom stereocenters. The van der Waals surface area contributed by atoms with Gasteiger partial charge in [0, 0.05) is 35.3 Å². The van der Waals surface area contributed by atoms with Gasteiger partial charge in [0.25, 0.3) is 5.91 Å². The predicted octanol–water partition coefficient (Wildman–Crippen LogP) is 1.76. The lowest BCUT2D eigenvalue weighted by molar-refractivity contribution is 0.0977. The van der Waals surface area contributed by atoms with Gasteiger partial charge >= 0.3 is 7.59 Å². The van der Waals surface area contributed by atoms with Crippen molar-refractivity contribution in [3.8, 4) is 0 Å². The molecular weight excluding hydrogens is 364 g/mol. The number of nitrogens with zero attached hydrogens (tertiary/aromatic N) is 2. The maximum atomic E-state index is 12.7. The van der Waals surface area contributed by atoms with Crippen LogP contribution in [0.4, 0.5) is 0 Å². The second-order valence-electron chi connectivity index (χ2n) is 4.40. The number of nitrogens with one attached hydrogen (secondary N) is 1.